The van der Waals surface area contributed by atoms with Gasteiger partial charge < -0.3 is 14.6 Å². The van der Waals surface area contributed by atoms with Crippen molar-refractivity contribution >= 4 is 11.8 Å². The number of hydrogen-bond acceptors (Lipinski definition) is 4. The molecule has 1 N–H and O–H groups in total. The number of carbonyl (C=O) groups is 2. The summed E-state index contributed by atoms with van der Waals surface area (Å²) in [5.41, 5.74) is 0.520. The highest BCUT2D eigenvalue weighted by atomic mass is 16.5. The van der Waals surface area contributed by atoms with Crippen LogP contribution >= 0.6 is 0 Å². The lowest BCUT2D eigenvalue weighted by Crippen LogP contribution is -2.32. The number of ketones is 1. The van der Waals surface area contributed by atoms with Gasteiger partial charge in [0.05, 0.1) is 19.1 Å². The van der Waals surface area contributed by atoms with Gasteiger partial charge in [-0.15, -0.1) is 0 Å². The molecular weight excluding hydrogens is 320 g/mol. The Labute approximate surface area is 148 Å². The molecule has 1 aromatic rings. The molecule has 136 valence electrons. The van der Waals surface area contributed by atoms with Gasteiger partial charge in [-0.25, -0.2) is 0 Å². The Balaban J connectivity index is 1.82. The molecule has 3 rings (SSSR count). The third-order valence-corrected chi connectivity index (χ3v) is 5.46. The van der Waals surface area contributed by atoms with Gasteiger partial charge in [-0.1, -0.05) is 12.8 Å². The average Bonchev–Trinajstić information content (AvgIpc) is 3.14. The maximum Gasteiger partial charge on any atom is 0.307 e. The molecule has 1 aromatic carbocycles. The summed E-state index contributed by atoms with van der Waals surface area (Å²) in [4.78, 5) is 24.4. The Bertz CT molecular complexity index is 633. The van der Waals surface area contributed by atoms with Crippen molar-refractivity contribution in [2.45, 2.75) is 57.5 Å². The van der Waals surface area contributed by atoms with Crippen molar-refractivity contribution in [3.63, 3.8) is 0 Å². The summed E-state index contributed by atoms with van der Waals surface area (Å²) in [7, 11) is 1.58. The molecule has 2 fully saturated rings. The third kappa shape index (κ3) is 3.97. The van der Waals surface area contributed by atoms with Gasteiger partial charge in [0.15, 0.2) is 17.3 Å². The summed E-state index contributed by atoms with van der Waals surface area (Å²) in [6.07, 6.45) is 7.52. The molecule has 0 radical (unpaired) electrons. The van der Waals surface area contributed by atoms with Crippen molar-refractivity contribution in [1.82, 2.24) is 0 Å². The number of ether oxygens (including phenoxy) is 2. The van der Waals surface area contributed by atoms with Crippen LogP contribution in [0, 0.1) is 11.8 Å². The van der Waals surface area contributed by atoms with Gasteiger partial charge in [-0.3, -0.25) is 9.59 Å². The number of Topliss-reactive ketones (excluding diaryl/α,β-unsaturated/α-hetero) is 1. The quantitative estimate of drug-likeness (QED) is 0.785. The molecule has 0 spiro atoms. The number of carbonyl (C=O) groups excluding carboxylic acids is 1. The first-order valence-electron chi connectivity index (χ1n) is 9.22. The van der Waals surface area contributed by atoms with E-state index in [-0.39, 0.29) is 11.9 Å². The molecule has 0 aliphatic heterocycles. The maximum atomic E-state index is 12.9. The first kappa shape index (κ1) is 17.8. The second kappa shape index (κ2) is 7.89. The Hall–Kier alpha value is -2.04. The number of hydrogen-bond donors (Lipinski definition) is 1. The number of carboxylic acid groups (broad SMARTS) is 1. The van der Waals surface area contributed by atoms with E-state index in [4.69, 9.17) is 9.47 Å². The molecular formula is C20H26O5. The van der Waals surface area contributed by atoms with Crippen LogP contribution in [-0.4, -0.2) is 30.1 Å². The van der Waals surface area contributed by atoms with Crippen LogP contribution in [0.15, 0.2) is 18.2 Å². The van der Waals surface area contributed by atoms with Crippen LogP contribution in [-0.2, 0) is 4.79 Å². The summed E-state index contributed by atoms with van der Waals surface area (Å²) in [6, 6.07) is 5.19. The SMILES string of the molecule is COc1ccc(C(=O)[C@@H]2CCCC[C@@H]2C(=O)O)cc1OC1CCCC1. The van der Waals surface area contributed by atoms with Crippen molar-refractivity contribution in [3.8, 4) is 11.5 Å². The molecule has 5 nitrogen and oxygen atoms in total. The van der Waals surface area contributed by atoms with E-state index in [1.807, 2.05) is 0 Å². The molecule has 0 aromatic heterocycles. The summed E-state index contributed by atoms with van der Waals surface area (Å²) >= 11 is 0. The van der Waals surface area contributed by atoms with Gasteiger partial charge in [0.2, 0.25) is 0 Å². The Morgan fingerprint density at radius 3 is 2.24 bits per heavy atom. The minimum Gasteiger partial charge on any atom is -0.493 e. The lowest BCUT2D eigenvalue weighted by atomic mass is 9.75. The molecule has 25 heavy (non-hydrogen) atoms. The minimum absolute atomic E-state index is 0.0916. The van der Waals surface area contributed by atoms with Crippen molar-refractivity contribution in [3.05, 3.63) is 23.8 Å². The van der Waals surface area contributed by atoms with E-state index in [9.17, 15) is 14.7 Å². The summed E-state index contributed by atoms with van der Waals surface area (Å²) in [5, 5.41) is 9.43. The highest BCUT2D eigenvalue weighted by molar-refractivity contribution is 6.00. The molecule has 0 heterocycles. The number of aliphatic carboxylic acids is 1. The van der Waals surface area contributed by atoms with Gasteiger partial charge in [0.25, 0.3) is 0 Å². The first-order valence-corrected chi connectivity index (χ1v) is 9.22. The monoisotopic (exact) mass is 346 g/mol. The molecule has 2 atom stereocenters. The van der Waals surface area contributed by atoms with Crippen LogP contribution in [0.3, 0.4) is 0 Å². The van der Waals surface area contributed by atoms with Crippen LogP contribution in [0.1, 0.15) is 61.7 Å². The van der Waals surface area contributed by atoms with E-state index in [2.05, 4.69) is 0 Å². The summed E-state index contributed by atoms with van der Waals surface area (Å²) in [5.74, 6) is -0.786. The Kier molecular flexibility index (Phi) is 5.61. The van der Waals surface area contributed by atoms with Crippen LogP contribution in [0.5, 0.6) is 11.5 Å². The highest BCUT2D eigenvalue weighted by Crippen LogP contribution is 2.36. The normalized spacial score (nSPS) is 24.0. The topological polar surface area (TPSA) is 72.8 Å². The van der Waals surface area contributed by atoms with E-state index >= 15 is 0 Å². The highest BCUT2D eigenvalue weighted by Gasteiger charge is 2.36. The van der Waals surface area contributed by atoms with Crippen molar-refractivity contribution in [2.24, 2.45) is 11.8 Å². The number of methoxy groups -OCH3 is 1. The standard InChI is InChI=1S/C20H26O5/c1-24-17-11-10-13(12-18(17)25-14-6-2-3-7-14)19(21)15-8-4-5-9-16(15)20(22)23/h10-12,14-16H,2-9H2,1H3,(H,22,23)/t15-,16+/m1/s1. The number of benzene rings is 1. The Morgan fingerprint density at radius 2 is 1.60 bits per heavy atom. The second-order valence-electron chi connectivity index (χ2n) is 7.09. The molecule has 5 heteroatoms. The van der Waals surface area contributed by atoms with E-state index in [0.717, 1.165) is 38.5 Å². The van der Waals surface area contributed by atoms with Crippen LogP contribution in [0.4, 0.5) is 0 Å². The van der Waals surface area contributed by atoms with Crippen molar-refractivity contribution < 1.29 is 24.2 Å². The fourth-order valence-electron chi connectivity index (χ4n) is 4.06. The summed E-state index contributed by atoms with van der Waals surface area (Å²) < 4.78 is 11.4. The molecule has 0 bridgehead atoms. The number of rotatable bonds is 6. The fraction of sp³-hybridized carbons (Fsp3) is 0.600. The fourth-order valence-corrected chi connectivity index (χ4v) is 4.06. The minimum atomic E-state index is -0.867. The molecule has 2 aliphatic carbocycles. The predicted octanol–water partition coefficient (Wildman–Crippen LogP) is 4.09. The van der Waals surface area contributed by atoms with Gasteiger partial charge in [0.1, 0.15) is 0 Å². The van der Waals surface area contributed by atoms with Gasteiger partial charge >= 0.3 is 5.97 Å². The van der Waals surface area contributed by atoms with Crippen LogP contribution < -0.4 is 9.47 Å². The summed E-state index contributed by atoms with van der Waals surface area (Å²) in [6.45, 7) is 0. The predicted molar refractivity (Wildman–Crippen MR) is 93.3 cm³/mol. The van der Waals surface area contributed by atoms with Gasteiger partial charge in [-0.05, 0) is 56.7 Å². The molecule has 0 saturated heterocycles. The average molecular weight is 346 g/mol. The first-order chi connectivity index (χ1) is 12.1. The third-order valence-electron chi connectivity index (χ3n) is 5.46. The van der Waals surface area contributed by atoms with Crippen molar-refractivity contribution in [2.75, 3.05) is 7.11 Å². The largest absolute Gasteiger partial charge is 0.493 e. The van der Waals surface area contributed by atoms with E-state index < -0.39 is 17.8 Å². The van der Waals surface area contributed by atoms with Crippen LogP contribution in [0.2, 0.25) is 0 Å². The second-order valence-corrected chi connectivity index (χ2v) is 7.09. The zero-order chi connectivity index (χ0) is 17.8. The zero-order valence-electron chi connectivity index (χ0n) is 14.7. The maximum absolute atomic E-state index is 12.9. The number of carboxylic acids is 1. The molecule has 2 saturated carbocycles. The molecule has 0 unspecified atom stereocenters. The molecule has 0 amide bonds. The Morgan fingerprint density at radius 1 is 0.960 bits per heavy atom. The lowest BCUT2D eigenvalue weighted by molar-refractivity contribution is -0.144. The van der Waals surface area contributed by atoms with Gasteiger partial charge in [-0.2, -0.15) is 0 Å². The van der Waals surface area contributed by atoms with Gasteiger partial charge in [0, 0.05) is 11.5 Å². The van der Waals surface area contributed by atoms with Crippen LogP contribution in [0.25, 0.3) is 0 Å². The van der Waals surface area contributed by atoms with Crippen molar-refractivity contribution in [1.29, 1.82) is 0 Å². The molecule has 2 aliphatic rings. The zero-order valence-corrected chi connectivity index (χ0v) is 14.7. The lowest BCUT2D eigenvalue weighted by Gasteiger charge is -2.27. The van der Waals surface area contributed by atoms with E-state index in [1.165, 1.54) is 0 Å². The van der Waals surface area contributed by atoms with E-state index in [0.29, 0.717) is 29.9 Å². The van der Waals surface area contributed by atoms with E-state index in [1.54, 1.807) is 25.3 Å². The smallest absolute Gasteiger partial charge is 0.307 e.